The maximum Gasteiger partial charge on any atom is 0.172 e. The van der Waals surface area contributed by atoms with Crippen molar-refractivity contribution in [2.45, 2.75) is 16.6 Å². The summed E-state index contributed by atoms with van der Waals surface area (Å²) >= 11 is 7.84. The first-order chi connectivity index (χ1) is 8.22. The zero-order chi connectivity index (χ0) is 12.3. The molecule has 1 aromatic carbocycles. The Hall–Kier alpha value is -0.970. The third kappa shape index (κ3) is 2.83. The van der Waals surface area contributed by atoms with E-state index in [0.717, 1.165) is 21.6 Å². The van der Waals surface area contributed by atoms with Gasteiger partial charge in [-0.15, -0.1) is 0 Å². The Morgan fingerprint density at radius 2 is 2.29 bits per heavy atom. The van der Waals surface area contributed by atoms with Gasteiger partial charge in [0.2, 0.25) is 0 Å². The van der Waals surface area contributed by atoms with Gasteiger partial charge in [0.05, 0.1) is 5.02 Å². The van der Waals surface area contributed by atoms with Crippen LogP contribution in [0.1, 0.15) is 5.56 Å². The minimum absolute atomic E-state index is 0.769. The van der Waals surface area contributed by atoms with Gasteiger partial charge in [0, 0.05) is 30.9 Å². The molecule has 0 amide bonds. The zero-order valence-electron chi connectivity index (χ0n) is 9.77. The quantitative estimate of drug-likeness (QED) is 0.924. The van der Waals surface area contributed by atoms with Gasteiger partial charge in [0.25, 0.3) is 0 Å². The lowest BCUT2D eigenvalue weighted by atomic mass is 10.2. The number of benzene rings is 1. The van der Waals surface area contributed by atoms with Crippen LogP contribution in [0.15, 0.2) is 40.6 Å². The number of halogens is 1. The fraction of sp³-hybridized carbons (Fsp3) is 0.250. The van der Waals surface area contributed by atoms with Gasteiger partial charge >= 0.3 is 0 Å². The first kappa shape index (κ1) is 12.5. The number of imidazole rings is 1. The lowest BCUT2D eigenvalue weighted by Gasteiger charge is -2.10. The number of hydrogen-bond donors (Lipinski definition) is 1. The van der Waals surface area contributed by atoms with Gasteiger partial charge < -0.3 is 9.88 Å². The summed E-state index contributed by atoms with van der Waals surface area (Å²) in [5.74, 6) is 0. The minimum Gasteiger partial charge on any atom is -0.329 e. The summed E-state index contributed by atoms with van der Waals surface area (Å²) in [5, 5.41) is 4.86. The summed E-state index contributed by atoms with van der Waals surface area (Å²) in [6.07, 6.45) is 3.72. The second kappa shape index (κ2) is 5.58. The highest BCUT2D eigenvalue weighted by atomic mass is 35.5. The summed E-state index contributed by atoms with van der Waals surface area (Å²) in [7, 11) is 3.90. The molecule has 0 saturated heterocycles. The summed E-state index contributed by atoms with van der Waals surface area (Å²) in [5.41, 5.74) is 1.19. The molecule has 0 atom stereocenters. The van der Waals surface area contributed by atoms with E-state index in [-0.39, 0.29) is 0 Å². The van der Waals surface area contributed by atoms with E-state index in [1.54, 1.807) is 18.0 Å². The molecular formula is C12H14ClN3S. The van der Waals surface area contributed by atoms with Gasteiger partial charge in [-0.2, -0.15) is 0 Å². The molecule has 0 aliphatic heterocycles. The van der Waals surface area contributed by atoms with Crippen LogP contribution in [0.2, 0.25) is 5.02 Å². The topological polar surface area (TPSA) is 29.9 Å². The first-order valence-corrected chi connectivity index (χ1v) is 6.49. The monoisotopic (exact) mass is 267 g/mol. The third-order valence-electron chi connectivity index (χ3n) is 2.39. The van der Waals surface area contributed by atoms with Crippen LogP contribution in [0.3, 0.4) is 0 Å². The van der Waals surface area contributed by atoms with Crippen molar-refractivity contribution in [2.75, 3.05) is 7.05 Å². The van der Waals surface area contributed by atoms with Gasteiger partial charge in [-0.25, -0.2) is 4.98 Å². The Morgan fingerprint density at radius 3 is 2.94 bits per heavy atom. The highest BCUT2D eigenvalue weighted by Gasteiger charge is 2.10. The molecule has 0 unspecified atom stereocenters. The summed E-state index contributed by atoms with van der Waals surface area (Å²) in [4.78, 5) is 5.37. The normalized spacial score (nSPS) is 10.8. The number of rotatable bonds is 4. The predicted octanol–water partition coefficient (Wildman–Crippen LogP) is 2.94. The average molecular weight is 268 g/mol. The minimum atomic E-state index is 0.769. The number of aryl methyl sites for hydroxylation is 1. The van der Waals surface area contributed by atoms with E-state index in [1.165, 1.54) is 5.56 Å². The standard InChI is InChI=1S/C12H14ClN3S/c1-14-8-9-4-3-5-10(13)11(9)17-12-15-6-7-16(12)2/h3-7,14H,8H2,1-2H3. The summed E-state index contributed by atoms with van der Waals surface area (Å²) in [6, 6.07) is 5.96. The van der Waals surface area contributed by atoms with Gasteiger partial charge in [-0.1, -0.05) is 23.7 Å². The van der Waals surface area contributed by atoms with Crippen LogP contribution in [0.5, 0.6) is 0 Å². The van der Waals surface area contributed by atoms with Crippen molar-refractivity contribution in [3.8, 4) is 0 Å². The smallest absolute Gasteiger partial charge is 0.172 e. The van der Waals surface area contributed by atoms with E-state index in [9.17, 15) is 0 Å². The predicted molar refractivity (Wildman–Crippen MR) is 71.5 cm³/mol. The van der Waals surface area contributed by atoms with Crippen LogP contribution < -0.4 is 5.32 Å². The Labute approximate surface area is 110 Å². The van der Waals surface area contributed by atoms with Crippen LogP contribution in [0.25, 0.3) is 0 Å². The molecule has 2 aromatic rings. The zero-order valence-corrected chi connectivity index (χ0v) is 11.3. The van der Waals surface area contributed by atoms with Crippen LogP contribution in [-0.2, 0) is 13.6 Å². The molecule has 0 aliphatic carbocycles. The van der Waals surface area contributed by atoms with Gasteiger partial charge in [0.15, 0.2) is 5.16 Å². The third-order valence-corrected chi connectivity index (χ3v) is 4.08. The van der Waals surface area contributed by atoms with Crippen LogP contribution >= 0.6 is 23.4 Å². The Bertz CT molecular complexity index is 510. The van der Waals surface area contributed by atoms with E-state index >= 15 is 0 Å². The second-order valence-electron chi connectivity index (χ2n) is 3.68. The molecule has 0 aliphatic rings. The highest BCUT2D eigenvalue weighted by molar-refractivity contribution is 7.99. The van der Waals surface area contributed by atoms with E-state index in [4.69, 9.17) is 11.6 Å². The van der Waals surface area contributed by atoms with Gasteiger partial charge in [0.1, 0.15) is 0 Å². The largest absolute Gasteiger partial charge is 0.329 e. The molecule has 90 valence electrons. The van der Waals surface area contributed by atoms with E-state index in [0.29, 0.717) is 0 Å². The van der Waals surface area contributed by atoms with Crippen molar-refractivity contribution in [1.82, 2.24) is 14.9 Å². The second-order valence-corrected chi connectivity index (χ2v) is 5.07. The molecular weight excluding hydrogens is 254 g/mol. The van der Waals surface area contributed by atoms with Crippen molar-refractivity contribution in [3.63, 3.8) is 0 Å². The van der Waals surface area contributed by atoms with Crippen LogP contribution in [-0.4, -0.2) is 16.6 Å². The molecule has 0 bridgehead atoms. The van der Waals surface area contributed by atoms with E-state index < -0.39 is 0 Å². The lowest BCUT2D eigenvalue weighted by molar-refractivity contribution is 0.784. The van der Waals surface area contributed by atoms with Crippen LogP contribution in [0.4, 0.5) is 0 Å². The molecule has 0 fully saturated rings. The number of hydrogen-bond acceptors (Lipinski definition) is 3. The summed E-state index contributed by atoms with van der Waals surface area (Å²) in [6.45, 7) is 0.799. The van der Waals surface area contributed by atoms with Crippen molar-refractivity contribution in [3.05, 3.63) is 41.2 Å². The number of aromatic nitrogens is 2. The van der Waals surface area contributed by atoms with Crippen molar-refractivity contribution >= 4 is 23.4 Å². The lowest BCUT2D eigenvalue weighted by Crippen LogP contribution is -2.06. The molecule has 5 heteroatoms. The van der Waals surface area contributed by atoms with E-state index in [1.807, 2.05) is 37.0 Å². The molecule has 1 N–H and O–H groups in total. The van der Waals surface area contributed by atoms with Crippen molar-refractivity contribution in [1.29, 1.82) is 0 Å². The average Bonchev–Trinajstić information content (AvgIpc) is 2.70. The highest BCUT2D eigenvalue weighted by Crippen LogP contribution is 2.34. The van der Waals surface area contributed by atoms with Crippen molar-refractivity contribution < 1.29 is 0 Å². The molecule has 1 heterocycles. The Morgan fingerprint density at radius 1 is 1.47 bits per heavy atom. The van der Waals surface area contributed by atoms with Crippen molar-refractivity contribution in [2.24, 2.45) is 7.05 Å². The molecule has 2 rings (SSSR count). The fourth-order valence-corrected chi connectivity index (χ4v) is 2.79. The molecule has 17 heavy (non-hydrogen) atoms. The molecule has 0 saturated carbocycles. The fourth-order valence-electron chi connectivity index (χ4n) is 1.54. The van der Waals surface area contributed by atoms with E-state index in [2.05, 4.69) is 16.4 Å². The maximum absolute atomic E-state index is 6.25. The Balaban J connectivity index is 2.34. The van der Waals surface area contributed by atoms with Gasteiger partial charge in [-0.3, -0.25) is 0 Å². The maximum atomic E-state index is 6.25. The first-order valence-electron chi connectivity index (χ1n) is 5.29. The van der Waals surface area contributed by atoms with Crippen LogP contribution in [0, 0.1) is 0 Å². The number of nitrogens with one attached hydrogen (secondary N) is 1. The number of nitrogens with zero attached hydrogens (tertiary/aromatic N) is 2. The molecule has 0 spiro atoms. The molecule has 1 aromatic heterocycles. The molecule has 0 radical (unpaired) electrons. The summed E-state index contributed by atoms with van der Waals surface area (Å²) < 4.78 is 1.98. The SMILES string of the molecule is CNCc1cccc(Cl)c1Sc1nccn1C. The van der Waals surface area contributed by atoms with Gasteiger partial charge in [-0.05, 0) is 30.4 Å². The Kier molecular flexibility index (Phi) is 4.10. The molecule has 3 nitrogen and oxygen atoms in total.